The van der Waals surface area contributed by atoms with Crippen LogP contribution < -0.4 is 5.32 Å². The Hall–Kier alpha value is -2.97. The van der Waals surface area contributed by atoms with E-state index in [4.69, 9.17) is 5.26 Å². The van der Waals surface area contributed by atoms with Gasteiger partial charge in [-0.05, 0) is 49.4 Å². The van der Waals surface area contributed by atoms with Crippen molar-refractivity contribution >= 4 is 21.4 Å². The van der Waals surface area contributed by atoms with Crippen LogP contribution in [0.1, 0.15) is 24.5 Å². The maximum atomic E-state index is 13.0. The first kappa shape index (κ1) is 22.3. The summed E-state index contributed by atoms with van der Waals surface area (Å²) in [6.07, 6.45) is -5.85. The van der Waals surface area contributed by atoms with Gasteiger partial charge in [0, 0.05) is 5.69 Å². The second-order valence-electron chi connectivity index (χ2n) is 6.23. The number of hydrogen-bond donors (Lipinski definition) is 2. The third-order valence-corrected chi connectivity index (χ3v) is 6.12. The van der Waals surface area contributed by atoms with Crippen LogP contribution in [0.25, 0.3) is 0 Å². The summed E-state index contributed by atoms with van der Waals surface area (Å²) in [7, 11) is -4.48. The van der Waals surface area contributed by atoms with E-state index >= 15 is 0 Å². The van der Waals surface area contributed by atoms with Gasteiger partial charge in [0.05, 0.1) is 28.5 Å². The van der Waals surface area contributed by atoms with E-state index in [0.29, 0.717) is 6.07 Å². The molecule has 154 valence electrons. The zero-order valence-corrected chi connectivity index (χ0v) is 15.6. The van der Waals surface area contributed by atoms with E-state index in [1.54, 1.807) is 0 Å². The van der Waals surface area contributed by atoms with Crippen molar-refractivity contribution in [1.82, 2.24) is 0 Å². The Morgan fingerprint density at radius 3 is 2.28 bits per heavy atom. The second kappa shape index (κ2) is 7.81. The molecule has 1 atom stereocenters. The predicted octanol–water partition coefficient (Wildman–Crippen LogP) is 3.23. The zero-order valence-electron chi connectivity index (χ0n) is 14.8. The number of rotatable bonds is 5. The first-order valence-electron chi connectivity index (χ1n) is 7.92. The van der Waals surface area contributed by atoms with Crippen LogP contribution in [0.4, 0.5) is 23.2 Å². The quantitative estimate of drug-likeness (QED) is 0.560. The molecule has 0 radical (unpaired) electrons. The van der Waals surface area contributed by atoms with Crippen molar-refractivity contribution in [2.75, 3.05) is 5.32 Å². The molecule has 0 unspecified atom stereocenters. The lowest BCUT2D eigenvalue weighted by Gasteiger charge is -2.23. The summed E-state index contributed by atoms with van der Waals surface area (Å²) in [5, 5.41) is 21.1. The van der Waals surface area contributed by atoms with Crippen LogP contribution in [0.2, 0.25) is 0 Å². The Bertz CT molecular complexity index is 1070. The molecule has 0 bridgehead atoms. The van der Waals surface area contributed by atoms with Gasteiger partial charge in [-0.15, -0.1) is 0 Å². The predicted molar refractivity (Wildman–Crippen MR) is 93.6 cm³/mol. The molecule has 29 heavy (non-hydrogen) atoms. The van der Waals surface area contributed by atoms with Crippen molar-refractivity contribution in [1.29, 1.82) is 5.26 Å². The van der Waals surface area contributed by atoms with Crippen LogP contribution in [0, 0.1) is 17.1 Å². The number of carbonyl (C=O) groups is 1. The normalized spacial score (nSPS) is 14.0. The highest BCUT2D eigenvalue weighted by molar-refractivity contribution is 7.92. The maximum Gasteiger partial charge on any atom is 0.417 e. The Morgan fingerprint density at radius 1 is 1.17 bits per heavy atom. The second-order valence-corrected chi connectivity index (χ2v) is 8.59. The molecule has 0 saturated heterocycles. The van der Waals surface area contributed by atoms with E-state index < -0.39 is 55.1 Å². The highest BCUT2D eigenvalue weighted by atomic mass is 32.2. The minimum Gasteiger partial charge on any atom is -0.374 e. The minimum absolute atomic E-state index is 0.337. The molecule has 1 amide bonds. The summed E-state index contributed by atoms with van der Waals surface area (Å²) in [5.41, 5.74) is -2.26. The lowest BCUT2D eigenvalue weighted by atomic mass is 10.1. The van der Waals surface area contributed by atoms with Crippen molar-refractivity contribution in [3.05, 3.63) is 59.4 Å². The van der Waals surface area contributed by atoms with Crippen LogP contribution in [-0.2, 0) is 20.8 Å². The van der Waals surface area contributed by atoms with Crippen LogP contribution in [0.3, 0.4) is 0 Å². The fraction of sp³-hybridized carbons (Fsp3) is 0.222. The number of hydrogen-bond acceptors (Lipinski definition) is 5. The van der Waals surface area contributed by atoms with Gasteiger partial charge in [-0.2, -0.15) is 18.4 Å². The molecule has 0 aromatic heterocycles. The van der Waals surface area contributed by atoms with Gasteiger partial charge in [0.1, 0.15) is 5.82 Å². The van der Waals surface area contributed by atoms with E-state index in [0.717, 1.165) is 43.3 Å². The average Bonchev–Trinajstić information content (AvgIpc) is 2.60. The zero-order chi connectivity index (χ0) is 22.0. The van der Waals surface area contributed by atoms with E-state index in [-0.39, 0.29) is 5.69 Å². The van der Waals surface area contributed by atoms with E-state index in [2.05, 4.69) is 5.32 Å². The molecular weight excluding hydrogens is 416 g/mol. The maximum absolute atomic E-state index is 13.0. The van der Waals surface area contributed by atoms with Gasteiger partial charge in [0.15, 0.2) is 4.93 Å². The molecule has 0 fully saturated rings. The number of anilines is 1. The van der Waals surface area contributed by atoms with Gasteiger partial charge in [-0.25, -0.2) is 12.8 Å². The van der Waals surface area contributed by atoms with Crippen molar-refractivity contribution in [3.63, 3.8) is 0 Å². The number of sulfone groups is 1. The molecule has 6 nitrogen and oxygen atoms in total. The van der Waals surface area contributed by atoms with Crippen LogP contribution >= 0.6 is 0 Å². The highest BCUT2D eigenvalue weighted by Gasteiger charge is 2.40. The topological polar surface area (TPSA) is 107 Å². The molecule has 0 spiro atoms. The van der Waals surface area contributed by atoms with E-state index in [9.17, 15) is 35.9 Å². The number of nitrogens with one attached hydrogen (secondary N) is 1. The smallest absolute Gasteiger partial charge is 0.374 e. The highest BCUT2D eigenvalue weighted by Crippen LogP contribution is 2.34. The standard InChI is InChI=1S/C18H14F4N2O4S/c1-17(26,29(27,28)14-6-3-12(19)4-7-14)9-16(25)24-13-5-2-11(10-23)15(8-13)18(20,21)22/h2-8,26H,9H2,1H3,(H,24,25)/t17-/m1/s1. The summed E-state index contributed by atoms with van der Waals surface area (Å²) < 4.78 is 76.9. The lowest BCUT2D eigenvalue weighted by Crippen LogP contribution is -2.39. The molecule has 0 heterocycles. The monoisotopic (exact) mass is 430 g/mol. The number of nitriles is 1. The molecule has 0 saturated carbocycles. The fourth-order valence-electron chi connectivity index (χ4n) is 2.42. The van der Waals surface area contributed by atoms with Crippen molar-refractivity contribution < 1.29 is 35.9 Å². The summed E-state index contributed by atoms with van der Waals surface area (Å²) in [6, 6.07) is 7.34. The van der Waals surface area contributed by atoms with Crippen LogP contribution in [0.15, 0.2) is 47.4 Å². The molecule has 2 rings (SSSR count). The van der Waals surface area contributed by atoms with Gasteiger partial charge >= 0.3 is 6.18 Å². The fourth-order valence-corrected chi connectivity index (χ4v) is 3.74. The molecule has 2 N–H and O–H groups in total. The number of amides is 1. The minimum atomic E-state index is -4.84. The average molecular weight is 430 g/mol. The third kappa shape index (κ3) is 4.90. The van der Waals surface area contributed by atoms with Gasteiger partial charge < -0.3 is 10.4 Å². The lowest BCUT2D eigenvalue weighted by molar-refractivity contribution is -0.137. The van der Waals surface area contributed by atoms with Crippen molar-refractivity contribution in [3.8, 4) is 6.07 Å². The number of nitrogens with zero attached hydrogens (tertiary/aromatic N) is 1. The number of alkyl halides is 3. The van der Waals surface area contributed by atoms with Gasteiger partial charge in [0.2, 0.25) is 15.7 Å². The Labute approximate surface area is 163 Å². The number of carbonyl (C=O) groups excluding carboxylic acids is 1. The number of halogens is 4. The van der Waals surface area contributed by atoms with Crippen molar-refractivity contribution in [2.45, 2.75) is 29.3 Å². The molecule has 2 aromatic carbocycles. The summed E-state index contributed by atoms with van der Waals surface area (Å²) in [5.74, 6) is -1.79. The first-order valence-corrected chi connectivity index (χ1v) is 9.40. The number of benzene rings is 2. The van der Waals surface area contributed by atoms with Crippen LogP contribution in [0.5, 0.6) is 0 Å². The Balaban J connectivity index is 2.24. The van der Waals surface area contributed by atoms with Crippen LogP contribution in [-0.4, -0.2) is 24.4 Å². The first-order chi connectivity index (χ1) is 13.3. The summed E-state index contributed by atoms with van der Waals surface area (Å²) in [4.78, 5) is 9.08. The largest absolute Gasteiger partial charge is 0.417 e. The van der Waals surface area contributed by atoms with E-state index in [1.807, 2.05) is 0 Å². The molecule has 0 aliphatic heterocycles. The van der Waals surface area contributed by atoms with E-state index in [1.165, 1.54) is 6.07 Å². The third-order valence-electron chi connectivity index (χ3n) is 3.92. The van der Waals surface area contributed by atoms with Gasteiger partial charge in [-0.1, -0.05) is 0 Å². The molecule has 0 aliphatic carbocycles. The Morgan fingerprint density at radius 2 is 1.76 bits per heavy atom. The molecule has 11 heteroatoms. The Kier molecular flexibility index (Phi) is 6.01. The van der Waals surface area contributed by atoms with Gasteiger partial charge in [0.25, 0.3) is 0 Å². The summed E-state index contributed by atoms with van der Waals surface area (Å²) in [6.45, 7) is 0.838. The van der Waals surface area contributed by atoms with Crippen molar-refractivity contribution in [2.24, 2.45) is 0 Å². The number of aliphatic hydroxyl groups is 1. The molecular formula is C18H14F4N2O4S. The summed E-state index contributed by atoms with van der Waals surface area (Å²) >= 11 is 0. The SMILES string of the molecule is C[C@](O)(CC(=O)Nc1ccc(C#N)c(C(F)(F)F)c1)S(=O)(=O)c1ccc(F)cc1. The van der Waals surface area contributed by atoms with Gasteiger partial charge in [-0.3, -0.25) is 4.79 Å². The molecule has 0 aliphatic rings. The molecule has 2 aromatic rings.